The Balaban J connectivity index is 1.13. The van der Waals surface area contributed by atoms with Crippen LogP contribution in [0.1, 0.15) is 49.4 Å². The summed E-state index contributed by atoms with van der Waals surface area (Å²) in [5, 5.41) is 9.47. The van der Waals surface area contributed by atoms with E-state index in [2.05, 4.69) is 34.1 Å². The van der Waals surface area contributed by atoms with E-state index < -0.39 is 35.2 Å². The number of aromatic nitrogens is 1. The molecule has 1 aliphatic carbocycles. The number of carbonyl (C=O) groups is 3. The summed E-state index contributed by atoms with van der Waals surface area (Å²) < 4.78 is 38.8. The van der Waals surface area contributed by atoms with Crippen molar-refractivity contribution in [2.75, 3.05) is 26.4 Å². The SMILES string of the molecule is C=CC(=O)OCCCCOc1ccc(C(=O)Oc2ccc(-c3nc4ccc(OC(=O)C5(C)C=CC(OCCCCOC(O)C=C)=CC5)cc4c(=O)o3)cc2Br)cc1. The van der Waals surface area contributed by atoms with Crippen LogP contribution in [-0.4, -0.2) is 60.7 Å². The van der Waals surface area contributed by atoms with Gasteiger partial charge in [-0.3, -0.25) is 4.79 Å². The van der Waals surface area contributed by atoms with Crippen LogP contribution < -0.4 is 19.8 Å². The van der Waals surface area contributed by atoms with Gasteiger partial charge < -0.3 is 37.9 Å². The van der Waals surface area contributed by atoms with Gasteiger partial charge in [-0.2, -0.15) is 0 Å². The van der Waals surface area contributed by atoms with E-state index in [4.69, 9.17) is 32.8 Å². The molecular weight excluding hydrogens is 802 g/mol. The summed E-state index contributed by atoms with van der Waals surface area (Å²) in [6.07, 6.45) is 9.83. The van der Waals surface area contributed by atoms with Gasteiger partial charge in [0.15, 0.2) is 6.29 Å². The number of fused-ring (bicyclic) bond motifs is 1. The number of allylic oxidation sites excluding steroid dienone is 2. The third-order valence-electron chi connectivity index (χ3n) is 8.61. The molecule has 2 unspecified atom stereocenters. The van der Waals surface area contributed by atoms with Crippen molar-refractivity contribution in [3.8, 4) is 28.7 Å². The van der Waals surface area contributed by atoms with Crippen LogP contribution in [0, 0.1) is 5.41 Å². The maximum Gasteiger partial charge on any atom is 0.347 e. The molecule has 0 radical (unpaired) electrons. The van der Waals surface area contributed by atoms with Gasteiger partial charge in [-0.05, 0) is 134 Å². The van der Waals surface area contributed by atoms with Crippen molar-refractivity contribution in [3.05, 3.63) is 130 Å². The Morgan fingerprint density at radius 2 is 1.65 bits per heavy atom. The molecule has 0 aliphatic heterocycles. The number of esters is 3. The zero-order valence-electron chi connectivity index (χ0n) is 31.3. The van der Waals surface area contributed by atoms with Gasteiger partial charge in [-0.15, -0.1) is 0 Å². The van der Waals surface area contributed by atoms with Gasteiger partial charge in [-0.25, -0.2) is 19.4 Å². The highest BCUT2D eigenvalue weighted by Gasteiger charge is 2.34. The van der Waals surface area contributed by atoms with E-state index in [9.17, 15) is 24.3 Å². The Morgan fingerprint density at radius 3 is 2.35 bits per heavy atom. The molecule has 5 rings (SSSR count). The quantitative estimate of drug-likeness (QED) is 0.0229. The molecule has 1 aliphatic rings. The lowest BCUT2D eigenvalue weighted by molar-refractivity contribution is -0.142. The van der Waals surface area contributed by atoms with Crippen LogP contribution in [0.5, 0.6) is 17.2 Å². The lowest BCUT2D eigenvalue weighted by Crippen LogP contribution is -2.31. The lowest BCUT2D eigenvalue weighted by Gasteiger charge is -2.25. The number of nitrogens with zero attached hydrogens (tertiary/aromatic N) is 1. The molecule has 1 aromatic heterocycles. The summed E-state index contributed by atoms with van der Waals surface area (Å²) in [5.74, 6) is 0.0897. The Bertz CT molecular complexity index is 2210. The van der Waals surface area contributed by atoms with Crippen LogP contribution in [0.25, 0.3) is 22.4 Å². The smallest absolute Gasteiger partial charge is 0.347 e. The minimum absolute atomic E-state index is 0.0358. The number of rotatable bonds is 20. The second-order valence-electron chi connectivity index (χ2n) is 13.0. The molecule has 0 spiro atoms. The molecule has 4 aromatic rings. The number of halogens is 1. The van der Waals surface area contributed by atoms with Crippen molar-refractivity contribution in [1.82, 2.24) is 4.98 Å². The van der Waals surface area contributed by atoms with Gasteiger partial charge in [0.2, 0.25) is 5.89 Å². The molecule has 0 amide bonds. The first kappa shape index (κ1) is 42.3. The number of benzene rings is 3. The monoisotopic (exact) mass is 843 g/mol. The Hall–Kier alpha value is -5.83. The molecule has 3 aromatic carbocycles. The highest BCUT2D eigenvalue weighted by atomic mass is 79.9. The number of carbonyl (C=O) groups excluding carboxylic acids is 3. The number of aliphatic hydroxyl groups is 1. The first-order valence-corrected chi connectivity index (χ1v) is 18.9. The van der Waals surface area contributed by atoms with Gasteiger partial charge in [0.25, 0.3) is 0 Å². The third kappa shape index (κ3) is 12.1. The number of hydrogen-bond donors (Lipinski definition) is 1. The second kappa shape index (κ2) is 20.4. The van der Waals surface area contributed by atoms with Crippen LogP contribution in [-0.2, 0) is 23.8 Å². The van der Waals surface area contributed by atoms with Gasteiger partial charge >= 0.3 is 23.5 Å². The molecular formula is C43H42BrNO12. The van der Waals surface area contributed by atoms with Crippen molar-refractivity contribution in [3.63, 3.8) is 0 Å². The molecule has 2 atom stereocenters. The van der Waals surface area contributed by atoms with Crippen LogP contribution in [0.2, 0.25) is 0 Å². The van der Waals surface area contributed by atoms with E-state index in [1.54, 1.807) is 73.7 Å². The lowest BCUT2D eigenvalue weighted by atomic mass is 9.83. The van der Waals surface area contributed by atoms with Gasteiger partial charge in [0, 0.05) is 11.6 Å². The highest BCUT2D eigenvalue weighted by molar-refractivity contribution is 9.10. The van der Waals surface area contributed by atoms with Crippen molar-refractivity contribution in [2.45, 2.75) is 45.3 Å². The molecule has 0 fully saturated rings. The minimum Gasteiger partial charge on any atom is -0.494 e. The standard InChI is InChI=1S/C43H42BrNO12/c1-4-37(46)53-24-8-6-22-51-30-13-10-28(11-14-30)40(48)56-36-17-12-29(26-34(36)44)39-45-35-16-15-32(27-33(35)41(49)57-39)55-42(50)43(3)20-18-31(19-21-43)52-23-7-9-25-54-38(47)5-2/h4-5,10-20,26-27,38,47H,1-2,6-9,21-25H2,3H3. The van der Waals surface area contributed by atoms with E-state index in [0.29, 0.717) is 78.1 Å². The number of aliphatic hydroxyl groups excluding tert-OH is 1. The molecule has 0 saturated carbocycles. The maximum absolute atomic E-state index is 13.2. The normalized spacial score (nSPS) is 15.2. The summed E-state index contributed by atoms with van der Waals surface area (Å²) in [4.78, 5) is 54.8. The average molecular weight is 845 g/mol. The van der Waals surface area contributed by atoms with E-state index in [1.165, 1.54) is 12.1 Å². The van der Waals surface area contributed by atoms with Gasteiger partial charge in [0.05, 0.1) is 52.8 Å². The zero-order chi connectivity index (χ0) is 40.8. The molecule has 298 valence electrons. The third-order valence-corrected chi connectivity index (χ3v) is 9.23. The Kier molecular flexibility index (Phi) is 15.1. The van der Waals surface area contributed by atoms with Crippen LogP contribution in [0.4, 0.5) is 0 Å². The molecule has 1 heterocycles. The van der Waals surface area contributed by atoms with E-state index in [-0.39, 0.29) is 29.4 Å². The van der Waals surface area contributed by atoms with Crippen molar-refractivity contribution in [2.24, 2.45) is 5.41 Å². The van der Waals surface area contributed by atoms with Crippen molar-refractivity contribution < 1.29 is 52.3 Å². The van der Waals surface area contributed by atoms with Crippen LogP contribution >= 0.6 is 15.9 Å². The van der Waals surface area contributed by atoms with Crippen molar-refractivity contribution in [1.29, 1.82) is 0 Å². The Labute approximate surface area is 337 Å². The van der Waals surface area contributed by atoms with E-state index >= 15 is 0 Å². The Morgan fingerprint density at radius 1 is 0.930 bits per heavy atom. The second-order valence-corrected chi connectivity index (χ2v) is 13.8. The maximum atomic E-state index is 13.2. The summed E-state index contributed by atoms with van der Waals surface area (Å²) in [7, 11) is 0. The largest absolute Gasteiger partial charge is 0.494 e. The fourth-order valence-electron chi connectivity index (χ4n) is 5.29. The molecule has 14 heteroatoms. The number of unbranched alkanes of at least 4 members (excludes halogenated alkanes) is 2. The average Bonchev–Trinajstić information content (AvgIpc) is 3.21. The summed E-state index contributed by atoms with van der Waals surface area (Å²) in [5.41, 5.74) is -0.560. The predicted molar refractivity (Wildman–Crippen MR) is 214 cm³/mol. The fraction of sp³-hybridized carbons (Fsp3) is 0.279. The topological polar surface area (TPSA) is 170 Å². The first-order chi connectivity index (χ1) is 27.5. The molecule has 0 saturated heterocycles. The molecule has 1 N–H and O–H groups in total. The van der Waals surface area contributed by atoms with Crippen molar-refractivity contribution >= 4 is 44.7 Å². The van der Waals surface area contributed by atoms with Gasteiger partial charge in [-0.1, -0.05) is 19.2 Å². The minimum atomic E-state index is -0.975. The fourth-order valence-corrected chi connectivity index (χ4v) is 5.75. The number of hydrogen-bond acceptors (Lipinski definition) is 13. The molecule has 0 bridgehead atoms. The summed E-state index contributed by atoms with van der Waals surface area (Å²) >= 11 is 3.43. The summed E-state index contributed by atoms with van der Waals surface area (Å²) in [6, 6.07) is 15.8. The molecule has 13 nitrogen and oxygen atoms in total. The summed E-state index contributed by atoms with van der Waals surface area (Å²) in [6.45, 7) is 10.1. The first-order valence-electron chi connectivity index (χ1n) is 18.1. The van der Waals surface area contributed by atoms with Crippen LogP contribution in [0.3, 0.4) is 0 Å². The van der Waals surface area contributed by atoms with Crippen LogP contribution in [0.15, 0.2) is 124 Å². The van der Waals surface area contributed by atoms with E-state index in [1.807, 2.05) is 6.08 Å². The van der Waals surface area contributed by atoms with Gasteiger partial charge in [0.1, 0.15) is 23.0 Å². The zero-order valence-corrected chi connectivity index (χ0v) is 32.9. The highest BCUT2D eigenvalue weighted by Crippen LogP contribution is 2.34. The predicted octanol–water partition coefficient (Wildman–Crippen LogP) is 7.80. The number of ether oxygens (including phenoxy) is 6. The van der Waals surface area contributed by atoms with E-state index in [0.717, 1.165) is 12.5 Å². The molecule has 57 heavy (non-hydrogen) atoms.